The molecule has 3 nitrogen and oxygen atoms in total. The number of halogens is 1. The standard InChI is InChI=1S/C11H11FN2O/c1-14(8-11(15)6-7-13)10-4-2-9(12)3-5-10/h2-5H,6,8H2,1H3. The number of nitriles is 1. The van der Waals surface area contributed by atoms with E-state index in [1.165, 1.54) is 12.1 Å². The fourth-order valence-electron chi connectivity index (χ4n) is 1.20. The SMILES string of the molecule is CN(CC(=O)CC#N)c1ccc(F)cc1. The molecule has 0 saturated carbocycles. The Labute approximate surface area is 87.7 Å². The van der Waals surface area contributed by atoms with Crippen LogP contribution in [0.2, 0.25) is 0 Å². The van der Waals surface area contributed by atoms with Gasteiger partial charge in [-0.25, -0.2) is 4.39 Å². The summed E-state index contributed by atoms with van der Waals surface area (Å²) in [6.07, 6.45) is -0.0917. The van der Waals surface area contributed by atoms with Crippen LogP contribution in [0.3, 0.4) is 0 Å². The second-order valence-corrected chi connectivity index (χ2v) is 3.21. The van der Waals surface area contributed by atoms with Gasteiger partial charge in [-0.1, -0.05) is 0 Å². The highest BCUT2D eigenvalue weighted by molar-refractivity contribution is 5.85. The highest BCUT2D eigenvalue weighted by atomic mass is 19.1. The van der Waals surface area contributed by atoms with Crippen LogP contribution in [0.5, 0.6) is 0 Å². The number of benzene rings is 1. The third-order valence-electron chi connectivity index (χ3n) is 1.96. The largest absolute Gasteiger partial charge is 0.367 e. The van der Waals surface area contributed by atoms with Crippen LogP contribution < -0.4 is 4.90 Å². The van der Waals surface area contributed by atoms with Crippen LogP contribution in [0, 0.1) is 17.1 Å². The molecular weight excluding hydrogens is 195 g/mol. The van der Waals surface area contributed by atoms with Crippen LogP contribution >= 0.6 is 0 Å². The Morgan fingerprint density at radius 3 is 2.60 bits per heavy atom. The molecule has 0 aliphatic carbocycles. The van der Waals surface area contributed by atoms with Crippen LogP contribution in [0.15, 0.2) is 24.3 Å². The molecule has 15 heavy (non-hydrogen) atoms. The number of rotatable bonds is 4. The summed E-state index contributed by atoms with van der Waals surface area (Å²) in [5.74, 6) is -0.458. The van der Waals surface area contributed by atoms with Gasteiger partial charge in [-0.05, 0) is 24.3 Å². The minimum absolute atomic E-state index is 0.0917. The number of likely N-dealkylation sites (N-methyl/N-ethyl adjacent to an activating group) is 1. The van der Waals surface area contributed by atoms with E-state index in [-0.39, 0.29) is 24.6 Å². The van der Waals surface area contributed by atoms with Gasteiger partial charge in [0.1, 0.15) is 5.82 Å². The molecule has 1 aromatic rings. The fraction of sp³-hybridized carbons (Fsp3) is 0.273. The lowest BCUT2D eigenvalue weighted by Crippen LogP contribution is -2.25. The van der Waals surface area contributed by atoms with E-state index in [0.717, 1.165) is 5.69 Å². The zero-order valence-electron chi connectivity index (χ0n) is 8.40. The van der Waals surface area contributed by atoms with E-state index in [9.17, 15) is 9.18 Å². The molecule has 4 heteroatoms. The molecule has 0 atom stereocenters. The first kappa shape index (κ1) is 11.2. The van der Waals surface area contributed by atoms with E-state index in [0.29, 0.717) is 0 Å². The van der Waals surface area contributed by atoms with Crippen molar-refractivity contribution in [3.8, 4) is 6.07 Å². The fourth-order valence-corrected chi connectivity index (χ4v) is 1.20. The summed E-state index contributed by atoms with van der Waals surface area (Å²) in [6, 6.07) is 7.65. The predicted octanol–water partition coefficient (Wildman–Crippen LogP) is 1.74. The Bertz CT molecular complexity index is 381. The summed E-state index contributed by atoms with van der Waals surface area (Å²) < 4.78 is 12.6. The van der Waals surface area contributed by atoms with E-state index < -0.39 is 0 Å². The van der Waals surface area contributed by atoms with Crippen molar-refractivity contribution in [3.63, 3.8) is 0 Å². The molecule has 0 heterocycles. The topological polar surface area (TPSA) is 44.1 Å². The Kier molecular flexibility index (Phi) is 3.81. The lowest BCUT2D eigenvalue weighted by atomic mass is 10.2. The lowest BCUT2D eigenvalue weighted by molar-refractivity contribution is -0.116. The molecular formula is C11H11FN2O. The maximum absolute atomic E-state index is 12.6. The third kappa shape index (κ3) is 3.39. The van der Waals surface area contributed by atoms with Gasteiger partial charge < -0.3 is 4.90 Å². The van der Waals surface area contributed by atoms with Crippen LogP contribution in [0.1, 0.15) is 6.42 Å². The van der Waals surface area contributed by atoms with Gasteiger partial charge in [0, 0.05) is 12.7 Å². The molecule has 0 amide bonds. The molecule has 0 saturated heterocycles. The van der Waals surface area contributed by atoms with Gasteiger partial charge in [0.2, 0.25) is 0 Å². The Balaban J connectivity index is 2.61. The molecule has 0 unspecified atom stereocenters. The van der Waals surface area contributed by atoms with Crippen LogP contribution in [0.25, 0.3) is 0 Å². The van der Waals surface area contributed by atoms with E-state index in [1.54, 1.807) is 30.1 Å². The van der Waals surface area contributed by atoms with Crippen molar-refractivity contribution in [3.05, 3.63) is 30.1 Å². The molecule has 0 aliphatic heterocycles. The zero-order valence-corrected chi connectivity index (χ0v) is 8.40. The maximum atomic E-state index is 12.6. The molecule has 1 aromatic carbocycles. The highest BCUT2D eigenvalue weighted by Gasteiger charge is 2.06. The van der Waals surface area contributed by atoms with Crippen molar-refractivity contribution in [2.45, 2.75) is 6.42 Å². The van der Waals surface area contributed by atoms with E-state index in [1.807, 2.05) is 0 Å². The van der Waals surface area contributed by atoms with Gasteiger partial charge >= 0.3 is 0 Å². The maximum Gasteiger partial charge on any atom is 0.166 e. The number of ketones is 1. The van der Waals surface area contributed by atoms with Crippen molar-refractivity contribution < 1.29 is 9.18 Å². The monoisotopic (exact) mass is 206 g/mol. The molecule has 0 bridgehead atoms. The molecule has 78 valence electrons. The molecule has 0 fully saturated rings. The van der Waals surface area contributed by atoms with Crippen LogP contribution in [0.4, 0.5) is 10.1 Å². The minimum Gasteiger partial charge on any atom is -0.367 e. The number of hydrogen-bond donors (Lipinski definition) is 0. The molecule has 0 aromatic heterocycles. The first-order valence-electron chi connectivity index (χ1n) is 4.49. The summed E-state index contributed by atoms with van der Waals surface area (Å²) in [6.45, 7) is 0.166. The average Bonchev–Trinajstić information content (AvgIpc) is 2.18. The Hall–Kier alpha value is -1.89. The highest BCUT2D eigenvalue weighted by Crippen LogP contribution is 2.12. The smallest absolute Gasteiger partial charge is 0.166 e. The van der Waals surface area contributed by atoms with E-state index in [2.05, 4.69) is 0 Å². The lowest BCUT2D eigenvalue weighted by Gasteiger charge is -2.17. The van der Waals surface area contributed by atoms with Gasteiger partial charge in [-0.15, -0.1) is 0 Å². The van der Waals surface area contributed by atoms with Gasteiger partial charge in [-0.3, -0.25) is 4.79 Å². The second kappa shape index (κ2) is 5.11. The number of Topliss-reactive ketones (excluding diaryl/α,β-unsaturated/α-hetero) is 1. The van der Waals surface area contributed by atoms with Gasteiger partial charge in [0.05, 0.1) is 19.0 Å². The normalized spacial score (nSPS) is 9.40. The Morgan fingerprint density at radius 1 is 1.47 bits per heavy atom. The van der Waals surface area contributed by atoms with Crippen molar-refractivity contribution in [2.75, 3.05) is 18.5 Å². The number of hydrogen-bond acceptors (Lipinski definition) is 3. The van der Waals surface area contributed by atoms with Crippen LogP contribution in [-0.4, -0.2) is 19.4 Å². The van der Waals surface area contributed by atoms with E-state index >= 15 is 0 Å². The summed E-state index contributed by atoms with van der Waals surface area (Å²) in [5.41, 5.74) is 0.752. The molecule has 0 radical (unpaired) electrons. The van der Waals surface area contributed by atoms with Crippen molar-refractivity contribution in [1.82, 2.24) is 0 Å². The summed E-state index contributed by atoms with van der Waals surface area (Å²) in [4.78, 5) is 12.8. The molecule has 0 N–H and O–H groups in total. The second-order valence-electron chi connectivity index (χ2n) is 3.21. The molecule has 1 rings (SSSR count). The Morgan fingerprint density at radius 2 is 2.07 bits per heavy atom. The van der Waals surface area contributed by atoms with Gasteiger partial charge in [0.25, 0.3) is 0 Å². The minimum atomic E-state index is -0.310. The van der Waals surface area contributed by atoms with Crippen molar-refractivity contribution in [2.24, 2.45) is 0 Å². The van der Waals surface area contributed by atoms with Gasteiger partial charge in [-0.2, -0.15) is 5.26 Å². The van der Waals surface area contributed by atoms with Crippen molar-refractivity contribution >= 4 is 11.5 Å². The average molecular weight is 206 g/mol. The zero-order chi connectivity index (χ0) is 11.3. The quantitative estimate of drug-likeness (QED) is 0.753. The number of nitrogens with zero attached hydrogens (tertiary/aromatic N) is 2. The third-order valence-corrected chi connectivity index (χ3v) is 1.96. The summed E-state index contributed by atoms with van der Waals surface area (Å²) in [5, 5.41) is 8.32. The molecule has 0 aliphatic rings. The van der Waals surface area contributed by atoms with E-state index in [4.69, 9.17) is 5.26 Å². The van der Waals surface area contributed by atoms with Crippen LogP contribution in [-0.2, 0) is 4.79 Å². The number of anilines is 1. The predicted molar refractivity (Wildman–Crippen MR) is 54.9 cm³/mol. The van der Waals surface area contributed by atoms with Crippen molar-refractivity contribution in [1.29, 1.82) is 5.26 Å². The number of carbonyl (C=O) groups is 1. The molecule has 0 spiro atoms. The first-order valence-corrected chi connectivity index (χ1v) is 4.49. The first-order chi connectivity index (χ1) is 7.13. The number of carbonyl (C=O) groups excluding carboxylic acids is 1. The van der Waals surface area contributed by atoms with Gasteiger partial charge in [0.15, 0.2) is 5.78 Å². The summed E-state index contributed by atoms with van der Waals surface area (Å²) >= 11 is 0. The summed E-state index contributed by atoms with van der Waals surface area (Å²) in [7, 11) is 1.72.